The summed E-state index contributed by atoms with van der Waals surface area (Å²) in [5, 5.41) is 10.4. The molecule has 0 spiro atoms. The summed E-state index contributed by atoms with van der Waals surface area (Å²) in [6.45, 7) is 1.19. The smallest absolute Gasteiger partial charge is 0.209 e. The van der Waals surface area contributed by atoms with Gasteiger partial charge in [0.05, 0.1) is 5.69 Å². The van der Waals surface area contributed by atoms with Gasteiger partial charge in [-0.15, -0.1) is 0 Å². The Morgan fingerprint density at radius 3 is 2.67 bits per heavy atom. The van der Waals surface area contributed by atoms with Crippen LogP contribution >= 0.6 is 0 Å². The van der Waals surface area contributed by atoms with E-state index >= 15 is 0 Å². The number of nitrogens with zero attached hydrogens (tertiary/aromatic N) is 2. The first-order chi connectivity index (χ1) is 7.24. The summed E-state index contributed by atoms with van der Waals surface area (Å²) < 4.78 is 0. The molecule has 1 N–H and O–H groups in total. The number of carbonyl (C=O) groups is 1. The number of rotatable bonds is 2. The molecule has 1 saturated heterocycles. The average Bonchev–Trinajstić information content (AvgIpc) is 2.31. The van der Waals surface area contributed by atoms with Crippen molar-refractivity contribution < 1.29 is 9.90 Å². The number of amides is 1. The summed E-state index contributed by atoms with van der Waals surface area (Å²) in [6, 6.07) is 5.52. The Bertz CT molecular complexity index is 332. The molecule has 2 rings (SSSR count). The highest BCUT2D eigenvalue weighted by molar-refractivity contribution is 5.47. The SMILES string of the molecule is O=CN1CCC(O)(c2ccccn2)CC1. The molecule has 4 nitrogen and oxygen atoms in total. The van der Waals surface area contributed by atoms with Crippen LogP contribution < -0.4 is 0 Å². The minimum Gasteiger partial charge on any atom is -0.383 e. The second kappa shape index (κ2) is 3.98. The highest BCUT2D eigenvalue weighted by Gasteiger charge is 2.34. The van der Waals surface area contributed by atoms with Gasteiger partial charge in [0.25, 0.3) is 0 Å². The van der Waals surface area contributed by atoms with Crippen LogP contribution in [0.25, 0.3) is 0 Å². The van der Waals surface area contributed by atoms with Crippen molar-refractivity contribution in [3.63, 3.8) is 0 Å². The van der Waals surface area contributed by atoms with Crippen LogP contribution in [0.3, 0.4) is 0 Å². The van der Waals surface area contributed by atoms with Crippen molar-refractivity contribution in [2.24, 2.45) is 0 Å². The largest absolute Gasteiger partial charge is 0.383 e. The van der Waals surface area contributed by atoms with E-state index in [0.29, 0.717) is 31.6 Å². The molecule has 0 unspecified atom stereocenters. The molecule has 0 aliphatic carbocycles. The van der Waals surface area contributed by atoms with Crippen molar-refractivity contribution in [1.82, 2.24) is 9.88 Å². The molecule has 1 aromatic rings. The number of likely N-dealkylation sites (tertiary alicyclic amines) is 1. The van der Waals surface area contributed by atoms with Gasteiger partial charge in [0.15, 0.2) is 0 Å². The number of piperidine rings is 1. The molecule has 0 bridgehead atoms. The lowest BCUT2D eigenvalue weighted by atomic mass is 9.88. The lowest BCUT2D eigenvalue weighted by Crippen LogP contribution is -2.42. The zero-order chi connectivity index (χ0) is 10.7. The second-order valence-corrected chi connectivity index (χ2v) is 3.89. The van der Waals surface area contributed by atoms with E-state index in [1.165, 1.54) is 0 Å². The molecule has 1 aliphatic heterocycles. The molecule has 1 amide bonds. The van der Waals surface area contributed by atoms with Crippen LogP contribution in [0.5, 0.6) is 0 Å². The minimum atomic E-state index is -0.860. The van der Waals surface area contributed by atoms with E-state index in [2.05, 4.69) is 4.98 Å². The van der Waals surface area contributed by atoms with Gasteiger partial charge in [-0.2, -0.15) is 0 Å². The maximum absolute atomic E-state index is 10.5. The summed E-state index contributed by atoms with van der Waals surface area (Å²) in [7, 11) is 0. The minimum absolute atomic E-state index is 0.558. The fourth-order valence-corrected chi connectivity index (χ4v) is 1.89. The van der Waals surface area contributed by atoms with Gasteiger partial charge in [0.2, 0.25) is 6.41 Å². The summed E-state index contributed by atoms with van der Waals surface area (Å²) in [5.41, 5.74) is -0.156. The van der Waals surface area contributed by atoms with E-state index in [1.807, 2.05) is 18.2 Å². The number of aliphatic hydroxyl groups is 1. The van der Waals surface area contributed by atoms with Crippen LogP contribution in [0, 0.1) is 0 Å². The summed E-state index contributed by atoms with van der Waals surface area (Å²) in [5.74, 6) is 0. The van der Waals surface area contributed by atoms with Gasteiger partial charge in [-0.25, -0.2) is 0 Å². The van der Waals surface area contributed by atoms with E-state index in [9.17, 15) is 9.90 Å². The molecule has 1 aliphatic rings. The van der Waals surface area contributed by atoms with Gasteiger partial charge in [0.1, 0.15) is 5.60 Å². The highest BCUT2D eigenvalue weighted by Crippen LogP contribution is 2.30. The Labute approximate surface area is 88.6 Å². The lowest BCUT2D eigenvalue weighted by Gasteiger charge is -2.36. The van der Waals surface area contributed by atoms with E-state index in [1.54, 1.807) is 11.1 Å². The van der Waals surface area contributed by atoms with Crippen LogP contribution in [-0.4, -0.2) is 34.5 Å². The van der Waals surface area contributed by atoms with Gasteiger partial charge in [-0.05, 0) is 25.0 Å². The Morgan fingerprint density at radius 2 is 2.13 bits per heavy atom. The molecule has 0 atom stereocenters. The lowest BCUT2D eigenvalue weighted by molar-refractivity contribution is -0.122. The topological polar surface area (TPSA) is 53.4 Å². The third-order valence-electron chi connectivity index (χ3n) is 2.92. The number of hydrogen-bond acceptors (Lipinski definition) is 3. The molecule has 0 radical (unpaired) electrons. The summed E-state index contributed by atoms with van der Waals surface area (Å²) in [6.07, 6.45) is 3.63. The summed E-state index contributed by atoms with van der Waals surface area (Å²) in [4.78, 5) is 16.4. The molecule has 2 heterocycles. The quantitative estimate of drug-likeness (QED) is 0.718. The Hall–Kier alpha value is -1.42. The van der Waals surface area contributed by atoms with Crippen LogP contribution in [0.1, 0.15) is 18.5 Å². The maximum atomic E-state index is 10.5. The molecule has 1 aromatic heterocycles. The average molecular weight is 206 g/mol. The number of carbonyl (C=O) groups excluding carboxylic acids is 1. The third-order valence-corrected chi connectivity index (χ3v) is 2.92. The first-order valence-electron chi connectivity index (χ1n) is 5.08. The van der Waals surface area contributed by atoms with Crippen LogP contribution in [0.2, 0.25) is 0 Å². The van der Waals surface area contributed by atoms with Gasteiger partial charge >= 0.3 is 0 Å². The number of pyridine rings is 1. The molecule has 0 aromatic carbocycles. The zero-order valence-corrected chi connectivity index (χ0v) is 8.47. The Kier molecular flexibility index (Phi) is 2.68. The monoisotopic (exact) mass is 206 g/mol. The normalized spacial score (nSPS) is 19.9. The van der Waals surface area contributed by atoms with Crippen molar-refractivity contribution in [1.29, 1.82) is 0 Å². The fraction of sp³-hybridized carbons (Fsp3) is 0.455. The molecule has 0 saturated carbocycles. The molecule has 80 valence electrons. The molecule has 15 heavy (non-hydrogen) atoms. The van der Waals surface area contributed by atoms with Crippen molar-refractivity contribution >= 4 is 6.41 Å². The standard InChI is InChI=1S/C11H14N2O2/c14-9-13-7-4-11(15,5-8-13)10-3-1-2-6-12-10/h1-3,6,9,15H,4-5,7-8H2. The van der Waals surface area contributed by atoms with E-state index < -0.39 is 5.60 Å². The first kappa shape index (κ1) is 10.1. The van der Waals surface area contributed by atoms with Crippen LogP contribution in [0.15, 0.2) is 24.4 Å². The Balaban J connectivity index is 2.13. The van der Waals surface area contributed by atoms with E-state index in [4.69, 9.17) is 0 Å². The van der Waals surface area contributed by atoms with Crippen molar-refractivity contribution in [2.45, 2.75) is 18.4 Å². The van der Waals surface area contributed by atoms with E-state index in [-0.39, 0.29) is 0 Å². The van der Waals surface area contributed by atoms with Crippen LogP contribution in [-0.2, 0) is 10.4 Å². The van der Waals surface area contributed by atoms with Gasteiger partial charge in [-0.1, -0.05) is 6.07 Å². The molecule has 1 fully saturated rings. The fourth-order valence-electron chi connectivity index (χ4n) is 1.89. The molecular weight excluding hydrogens is 192 g/mol. The third kappa shape index (κ3) is 1.99. The molecule has 4 heteroatoms. The van der Waals surface area contributed by atoms with Gasteiger partial charge in [0, 0.05) is 19.3 Å². The highest BCUT2D eigenvalue weighted by atomic mass is 16.3. The number of hydrogen-bond donors (Lipinski definition) is 1. The Morgan fingerprint density at radius 1 is 1.40 bits per heavy atom. The van der Waals surface area contributed by atoms with Gasteiger partial charge < -0.3 is 10.0 Å². The zero-order valence-electron chi connectivity index (χ0n) is 8.47. The van der Waals surface area contributed by atoms with E-state index in [0.717, 1.165) is 6.41 Å². The molecular formula is C11H14N2O2. The second-order valence-electron chi connectivity index (χ2n) is 3.89. The summed E-state index contributed by atoms with van der Waals surface area (Å²) >= 11 is 0. The van der Waals surface area contributed by atoms with Crippen molar-refractivity contribution in [3.8, 4) is 0 Å². The predicted octanol–water partition coefficient (Wildman–Crippen LogP) is 0.521. The first-order valence-corrected chi connectivity index (χ1v) is 5.08. The maximum Gasteiger partial charge on any atom is 0.209 e. The van der Waals surface area contributed by atoms with Crippen LogP contribution in [0.4, 0.5) is 0 Å². The van der Waals surface area contributed by atoms with Crippen molar-refractivity contribution in [2.75, 3.05) is 13.1 Å². The predicted molar refractivity (Wildman–Crippen MR) is 55.0 cm³/mol. The van der Waals surface area contributed by atoms with Crippen molar-refractivity contribution in [3.05, 3.63) is 30.1 Å². The number of aromatic nitrogens is 1. The van der Waals surface area contributed by atoms with Gasteiger partial charge in [-0.3, -0.25) is 9.78 Å².